The molecule has 0 aliphatic carbocycles. The molecule has 0 bridgehead atoms. The summed E-state index contributed by atoms with van der Waals surface area (Å²) in [7, 11) is 1.74. The van der Waals surface area contributed by atoms with Gasteiger partial charge in [0.2, 0.25) is 5.91 Å². The molecular weight excluding hydrogens is 218 g/mol. The van der Waals surface area contributed by atoms with Crippen molar-refractivity contribution >= 4 is 5.91 Å². The Morgan fingerprint density at radius 3 is 2.82 bits per heavy atom. The maximum Gasteiger partial charge on any atom is 0.236 e. The van der Waals surface area contributed by atoms with Crippen molar-refractivity contribution in [2.45, 2.75) is 6.42 Å². The van der Waals surface area contributed by atoms with Crippen LogP contribution in [-0.4, -0.2) is 75.2 Å². The molecule has 1 amide bonds. The fraction of sp³-hybridized carbons (Fsp3) is 0.917. The number of methoxy groups -OCH3 is 1. The molecule has 0 aromatic rings. The predicted octanol–water partition coefficient (Wildman–Crippen LogP) is -0.613. The summed E-state index contributed by atoms with van der Waals surface area (Å²) in [5.41, 5.74) is 0. The first kappa shape index (κ1) is 12.8. The van der Waals surface area contributed by atoms with E-state index in [1.54, 1.807) is 7.11 Å². The highest BCUT2D eigenvalue weighted by atomic mass is 16.5. The van der Waals surface area contributed by atoms with Gasteiger partial charge >= 0.3 is 0 Å². The van der Waals surface area contributed by atoms with Crippen molar-refractivity contribution in [3.8, 4) is 0 Å². The van der Waals surface area contributed by atoms with Crippen molar-refractivity contribution in [2.24, 2.45) is 5.92 Å². The van der Waals surface area contributed by atoms with Crippen molar-refractivity contribution in [3.05, 3.63) is 0 Å². The van der Waals surface area contributed by atoms with Gasteiger partial charge in [0.15, 0.2) is 0 Å². The number of likely N-dealkylation sites (tertiary alicyclic amines) is 1. The number of carbonyl (C=O) groups is 1. The van der Waals surface area contributed by atoms with Crippen LogP contribution in [-0.2, 0) is 9.53 Å². The quantitative estimate of drug-likeness (QED) is 0.713. The molecule has 0 radical (unpaired) electrons. The highest BCUT2D eigenvalue weighted by molar-refractivity contribution is 5.78. The predicted molar refractivity (Wildman–Crippen MR) is 65.9 cm³/mol. The van der Waals surface area contributed by atoms with Crippen molar-refractivity contribution in [2.75, 3.05) is 59.5 Å². The summed E-state index contributed by atoms with van der Waals surface area (Å²) in [6.07, 6.45) is 1.16. The highest BCUT2D eigenvalue weighted by Gasteiger charge is 2.25. The summed E-state index contributed by atoms with van der Waals surface area (Å²) in [5.74, 6) is 0.889. The molecule has 0 aromatic heterocycles. The second-order valence-electron chi connectivity index (χ2n) is 4.98. The molecule has 0 spiro atoms. The van der Waals surface area contributed by atoms with E-state index >= 15 is 0 Å². The normalized spacial score (nSPS) is 26.4. The van der Waals surface area contributed by atoms with Gasteiger partial charge in [-0.15, -0.1) is 0 Å². The van der Waals surface area contributed by atoms with E-state index in [-0.39, 0.29) is 5.91 Å². The van der Waals surface area contributed by atoms with E-state index < -0.39 is 0 Å². The van der Waals surface area contributed by atoms with Gasteiger partial charge in [0.1, 0.15) is 0 Å². The first-order valence-corrected chi connectivity index (χ1v) is 6.49. The molecule has 1 atom stereocenters. The fourth-order valence-electron chi connectivity index (χ4n) is 2.63. The van der Waals surface area contributed by atoms with E-state index in [1.807, 2.05) is 4.90 Å². The Morgan fingerprint density at radius 1 is 1.35 bits per heavy atom. The van der Waals surface area contributed by atoms with Crippen molar-refractivity contribution in [3.63, 3.8) is 0 Å². The average Bonchev–Trinajstić information content (AvgIpc) is 2.78. The average molecular weight is 241 g/mol. The van der Waals surface area contributed by atoms with E-state index in [2.05, 4.69) is 10.2 Å². The Kier molecular flexibility index (Phi) is 4.76. The first-order chi connectivity index (χ1) is 8.29. The zero-order valence-electron chi connectivity index (χ0n) is 10.7. The van der Waals surface area contributed by atoms with E-state index in [1.165, 1.54) is 0 Å². The van der Waals surface area contributed by atoms with Crippen LogP contribution in [0.3, 0.4) is 0 Å². The molecule has 98 valence electrons. The lowest BCUT2D eigenvalue weighted by molar-refractivity contribution is -0.132. The summed E-state index contributed by atoms with van der Waals surface area (Å²) in [6.45, 7) is 7.01. The summed E-state index contributed by atoms with van der Waals surface area (Å²) < 4.78 is 5.17. The minimum absolute atomic E-state index is 0.282. The van der Waals surface area contributed by atoms with E-state index in [0.29, 0.717) is 12.5 Å². The summed E-state index contributed by atoms with van der Waals surface area (Å²) >= 11 is 0. The molecule has 2 rings (SSSR count). The van der Waals surface area contributed by atoms with Gasteiger partial charge in [-0.2, -0.15) is 0 Å². The zero-order valence-corrected chi connectivity index (χ0v) is 10.7. The molecule has 5 heteroatoms. The van der Waals surface area contributed by atoms with E-state index in [4.69, 9.17) is 4.74 Å². The zero-order chi connectivity index (χ0) is 12.1. The number of nitrogens with zero attached hydrogens (tertiary/aromatic N) is 2. The summed E-state index contributed by atoms with van der Waals surface area (Å²) in [5, 5.41) is 3.26. The molecule has 0 aromatic carbocycles. The van der Waals surface area contributed by atoms with Gasteiger partial charge in [0.25, 0.3) is 0 Å². The van der Waals surface area contributed by atoms with Gasteiger partial charge in [-0.25, -0.2) is 0 Å². The number of nitrogens with one attached hydrogen (secondary N) is 1. The first-order valence-electron chi connectivity index (χ1n) is 6.49. The third-order valence-corrected chi connectivity index (χ3v) is 3.60. The van der Waals surface area contributed by atoms with Gasteiger partial charge in [-0.1, -0.05) is 0 Å². The molecule has 2 aliphatic rings. The van der Waals surface area contributed by atoms with Crippen molar-refractivity contribution in [1.29, 1.82) is 0 Å². The highest BCUT2D eigenvalue weighted by Crippen LogP contribution is 2.16. The Labute approximate surface area is 103 Å². The van der Waals surface area contributed by atoms with Crippen LogP contribution in [0.1, 0.15) is 6.42 Å². The smallest absolute Gasteiger partial charge is 0.236 e. The third kappa shape index (κ3) is 3.66. The number of hydrogen-bond acceptors (Lipinski definition) is 4. The Morgan fingerprint density at radius 2 is 2.12 bits per heavy atom. The van der Waals surface area contributed by atoms with Crippen LogP contribution in [0.5, 0.6) is 0 Å². The Hall–Kier alpha value is -0.650. The third-order valence-electron chi connectivity index (χ3n) is 3.60. The van der Waals surface area contributed by atoms with Gasteiger partial charge < -0.3 is 15.0 Å². The van der Waals surface area contributed by atoms with Gasteiger partial charge in [-0.3, -0.25) is 9.69 Å². The second-order valence-corrected chi connectivity index (χ2v) is 4.98. The Bertz CT molecular complexity index is 254. The molecule has 2 heterocycles. The summed E-state index contributed by atoms with van der Waals surface area (Å²) in [4.78, 5) is 16.3. The van der Waals surface area contributed by atoms with Gasteiger partial charge in [0, 0.05) is 39.8 Å². The lowest BCUT2D eigenvalue weighted by Gasteiger charge is -2.29. The minimum Gasteiger partial charge on any atom is -0.384 e. The molecule has 1 N–H and O–H groups in total. The molecule has 0 saturated carbocycles. The molecule has 17 heavy (non-hydrogen) atoms. The van der Waals surface area contributed by atoms with Crippen LogP contribution < -0.4 is 5.32 Å². The molecule has 2 aliphatic heterocycles. The number of carbonyl (C=O) groups excluding carboxylic acids is 1. The summed E-state index contributed by atoms with van der Waals surface area (Å²) in [6, 6.07) is 0. The lowest BCUT2D eigenvalue weighted by Crippen LogP contribution is -2.49. The fourth-order valence-corrected chi connectivity index (χ4v) is 2.63. The molecule has 2 fully saturated rings. The standard InChI is InChI=1S/C12H23N3O2/c1-17-10-11-2-5-14(8-11)9-12(16)15-6-3-13-4-7-15/h11,13H,2-10H2,1H3. The van der Waals surface area contributed by atoms with Crippen molar-refractivity contribution in [1.82, 2.24) is 15.1 Å². The number of piperazine rings is 1. The maximum atomic E-state index is 12.0. The SMILES string of the molecule is COCC1CCN(CC(=O)N2CCNCC2)C1. The molecule has 2 saturated heterocycles. The molecular formula is C12H23N3O2. The number of rotatable bonds is 4. The van der Waals surface area contributed by atoms with Crippen molar-refractivity contribution < 1.29 is 9.53 Å². The van der Waals surface area contributed by atoms with Crippen LogP contribution in [0, 0.1) is 5.92 Å². The van der Waals surface area contributed by atoms with Crippen LogP contribution in [0.15, 0.2) is 0 Å². The Balaban J connectivity index is 1.71. The maximum absolute atomic E-state index is 12.0. The molecule has 1 unspecified atom stereocenters. The lowest BCUT2D eigenvalue weighted by atomic mass is 10.1. The van der Waals surface area contributed by atoms with Crippen LogP contribution in [0.4, 0.5) is 0 Å². The minimum atomic E-state index is 0.282. The van der Waals surface area contributed by atoms with Gasteiger partial charge in [0.05, 0.1) is 13.2 Å². The van der Waals surface area contributed by atoms with Crippen LogP contribution in [0.2, 0.25) is 0 Å². The molecule has 5 nitrogen and oxygen atoms in total. The van der Waals surface area contributed by atoms with E-state index in [9.17, 15) is 4.79 Å². The monoisotopic (exact) mass is 241 g/mol. The number of hydrogen-bond donors (Lipinski definition) is 1. The second kappa shape index (κ2) is 6.33. The number of ether oxygens (including phenoxy) is 1. The number of amides is 1. The van der Waals surface area contributed by atoms with Crippen LogP contribution in [0.25, 0.3) is 0 Å². The van der Waals surface area contributed by atoms with Crippen LogP contribution >= 0.6 is 0 Å². The topological polar surface area (TPSA) is 44.8 Å². The van der Waals surface area contributed by atoms with E-state index in [0.717, 1.165) is 52.3 Å². The van der Waals surface area contributed by atoms with Gasteiger partial charge in [-0.05, 0) is 18.9 Å². The largest absolute Gasteiger partial charge is 0.384 e.